The first-order valence-corrected chi connectivity index (χ1v) is 8.97. The molecule has 0 bridgehead atoms. The van der Waals surface area contributed by atoms with E-state index in [-0.39, 0.29) is 5.97 Å². The molecule has 0 atom stereocenters. The number of carbonyl (C=O) groups excluding carboxylic acids is 1. The largest absolute Gasteiger partial charge is 0.493 e. The lowest BCUT2D eigenvalue weighted by Crippen LogP contribution is -2.07. The summed E-state index contributed by atoms with van der Waals surface area (Å²) in [5, 5.41) is 3.89. The Hall–Kier alpha value is -2.40. The van der Waals surface area contributed by atoms with Crippen molar-refractivity contribution >= 4 is 23.3 Å². The molecule has 1 N–H and O–H groups in total. The molecular formula is C20H24ClNO4. The van der Waals surface area contributed by atoms with Gasteiger partial charge in [0.2, 0.25) is 0 Å². The first kappa shape index (κ1) is 19.9. The molecule has 5 nitrogen and oxygen atoms in total. The first-order valence-electron chi connectivity index (χ1n) is 8.59. The highest BCUT2D eigenvalue weighted by Gasteiger charge is 2.13. The molecule has 0 radical (unpaired) electrons. The van der Waals surface area contributed by atoms with Gasteiger partial charge in [-0.2, -0.15) is 0 Å². The van der Waals surface area contributed by atoms with Gasteiger partial charge in [-0.25, -0.2) is 4.79 Å². The maximum atomic E-state index is 11.7. The number of hydrogen-bond acceptors (Lipinski definition) is 5. The third-order valence-corrected chi connectivity index (χ3v) is 3.86. The molecule has 0 saturated heterocycles. The van der Waals surface area contributed by atoms with E-state index in [0.29, 0.717) is 41.8 Å². The van der Waals surface area contributed by atoms with Crippen LogP contribution in [0.2, 0.25) is 5.02 Å². The molecule has 26 heavy (non-hydrogen) atoms. The van der Waals surface area contributed by atoms with E-state index in [1.165, 1.54) is 0 Å². The number of anilines is 1. The Morgan fingerprint density at radius 1 is 1.15 bits per heavy atom. The highest BCUT2D eigenvalue weighted by atomic mass is 35.5. The Kier molecular flexibility index (Phi) is 7.60. The number of halogens is 1. The van der Waals surface area contributed by atoms with Crippen molar-refractivity contribution in [2.24, 2.45) is 0 Å². The number of rotatable bonds is 9. The molecule has 0 heterocycles. The van der Waals surface area contributed by atoms with E-state index in [4.69, 9.17) is 25.8 Å². The van der Waals surface area contributed by atoms with Crippen LogP contribution >= 0.6 is 11.6 Å². The second kappa shape index (κ2) is 9.92. The van der Waals surface area contributed by atoms with Crippen molar-refractivity contribution in [3.8, 4) is 11.5 Å². The van der Waals surface area contributed by atoms with Crippen molar-refractivity contribution in [1.82, 2.24) is 0 Å². The van der Waals surface area contributed by atoms with Crippen molar-refractivity contribution in [3.05, 3.63) is 52.5 Å². The smallest absolute Gasteiger partial charge is 0.338 e. The van der Waals surface area contributed by atoms with Crippen LogP contribution in [0.15, 0.2) is 36.4 Å². The van der Waals surface area contributed by atoms with Crippen LogP contribution in [-0.2, 0) is 11.3 Å². The number of nitrogens with one attached hydrogen (secondary N) is 1. The summed E-state index contributed by atoms with van der Waals surface area (Å²) in [6.45, 7) is 5.29. The van der Waals surface area contributed by atoms with Crippen LogP contribution in [0, 0.1) is 0 Å². The van der Waals surface area contributed by atoms with Gasteiger partial charge in [-0.15, -0.1) is 0 Å². The van der Waals surface area contributed by atoms with Crippen LogP contribution in [0.1, 0.15) is 36.2 Å². The van der Waals surface area contributed by atoms with Gasteiger partial charge < -0.3 is 19.5 Å². The lowest BCUT2D eigenvalue weighted by molar-refractivity contribution is 0.0526. The molecule has 2 aromatic rings. The number of hydrogen-bond donors (Lipinski definition) is 1. The number of carbonyl (C=O) groups is 1. The zero-order chi connectivity index (χ0) is 18.9. The third-order valence-electron chi connectivity index (χ3n) is 3.65. The Bertz CT molecular complexity index is 731. The van der Waals surface area contributed by atoms with Crippen LogP contribution in [-0.4, -0.2) is 26.3 Å². The highest BCUT2D eigenvalue weighted by molar-refractivity contribution is 6.30. The van der Waals surface area contributed by atoms with Gasteiger partial charge in [0, 0.05) is 28.9 Å². The molecule has 140 valence electrons. The van der Waals surface area contributed by atoms with Crippen molar-refractivity contribution in [2.75, 3.05) is 25.6 Å². The molecule has 0 aliphatic carbocycles. The van der Waals surface area contributed by atoms with Gasteiger partial charge in [0.25, 0.3) is 0 Å². The quantitative estimate of drug-likeness (QED) is 0.628. The SMILES string of the molecule is CCCOc1c(CNc2ccc(C(=O)OCC)cc2)cc(Cl)cc1OC. The Labute approximate surface area is 159 Å². The van der Waals surface area contributed by atoms with Gasteiger partial charge in [-0.3, -0.25) is 0 Å². The predicted molar refractivity (Wildman–Crippen MR) is 104 cm³/mol. The molecular weight excluding hydrogens is 354 g/mol. The van der Waals surface area contributed by atoms with Crippen LogP contribution in [0.5, 0.6) is 11.5 Å². The molecule has 0 aliphatic heterocycles. The normalized spacial score (nSPS) is 10.3. The summed E-state index contributed by atoms with van der Waals surface area (Å²) in [7, 11) is 1.59. The van der Waals surface area contributed by atoms with Crippen molar-refractivity contribution in [3.63, 3.8) is 0 Å². The second-order valence-electron chi connectivity index (χ2n) is 5.60. The Balaban J connectivity index is 2.13. The number of esters is 1. The summed E-state index contributed by atoms with van der Waals surface area (Å²) in [4.78, 5) is 11.7. The van der Waals surface area contributed by atoms with E-state index in [9.17, 15) is 4.79 Å². The fourth-order valence-electron chi connectivity index (χ4n) is 2.41. The van der Waals surface area contributed by atoms with E-state index in [1.54, 1.807) is 32.2 Å². The molecule has 0 fully saturated rings. The first-order chi connectivity index (χ1) is 12.6. The van der Waals surface area contributed by atoms with Crippen molar-refractivity contribution in [2.45, 2.75) is 26.8 Å². The van der Waals surface area contributed by atoms with Crippen LogP contribution in [0.4, 0.5) is 5.69 Å². The summed E-state index contributed by atoms with van der Waals surface area (Å²) < 4.78 is 16.2. The van der Waals surface area contributed by atoms with E-state index >= 15 is 0 Å². The summed E-state index contributed by atoms with van der Waals surface area (Å²) in [5.74, 6) is 0.976. The average molecular weight is 378 g/mol. The Morgan fingerprint density at radius 2 is 1.88 bits per heavy atom. The molecule has 2 rings (SSSR count). The monoisotopic (exact) mass is 377 g/mol. The molecule has 6 heteroatoms. The third kappa shape index (κ3) is 5.30. The minimum atomic E-state index is -0.325. The van der Waals surface area contributed by atoms with Crippen molar-refractivity contribution < 1.29 is 19.0 Å². The maximum absolute atomic E-state index is 11.7. The summed E-state index contributed by atoms with van der Waals surface area (Å²) in [6, 6.07) is 10.7. The average Bonchev–Trinajstić information content (AvgIpc) is 2.65. The lowest BCUT2D eigenvalue weighted by Gasteiger charge is -2.16. The van der Waals surface area contributed by atoms with E-state index in [2.05, 4.69) is 5.32 Å². The molecule has 0 spiro atoms. The van der Waals surface area contributed by atoms with E-state index in [1.807, 2.05) is 25.1 Å². The summed E-state index contributed by atoms with van der Waals surface area (Å²) in [5.41, 5.74) is 2.30. The van der Waals surface area contributed by atoms with E-state index < -0.39 is 0 Å². The molecule has 0 unspecified atom stereocenters. The summed E-state index contributed by atoms with van der Waals surface area (Å²) >= 11 is 6.19. The van der Waals surface area contributed by atoms with Crippen molar-refractivity contribution in [1.29, 1.82) is 0 Å². The molecule has 0 saturated carbocycles. The van der Waals surface area contributed by atoms with Crippen LogP contribution < -0.4 is 14.8 Å². The fourth-order valence-corrected chi connectivity index (χ4v) is 2.64. The fraction of sp³-hybridized carbons (Fsp3) is 0.350. The van der Waals surface area contributed by atoms with Gasteiger partial charge in [-0.05, 0) is 43.7 Å². The van der Waals surface area contributed by atoms with Gasteiger partial charge >= 0.3 is 5.97 Å². The predicted octanol–water partition coefficient (Wildman–Crippen LogP) is 4.93. The standard InChI is InChI=1S/C20H24ClNO4/c1-4-10-26-19-15(11-16(21)12-18(19)24-3)13-22-17-8-6-14(7-9-17)20(23)25-5-2/h6-9,11-12,22H,4-5,10,13H2,1-3H3. The van der Waals surface area contributed by atoms with Crippen LogP contribution in [0.25, 0.3) is 0 Å². The number of methoxy groups -OCH3 is 1. The zero-order valence-electron chi connectivity index (χ0n) is 15.3. The number of ether oxygens (including phenoxy) is 3. The maximum Gasteiger partial charge on any atom is 0.338 e. The summed E-state index contributed by atoms with van der Waals surface area (Å²) in [6.07, 6.45) is 0.897. The zero-order valence-corrected chi connectivity index (χ0v) is 16.1. The van der Waals surface area contributed by atoms with Gasteiger partial charge in [-0.1, -0.05) is 18.5 Å². The van der Waals surface area contributed by atoms with E-state index in [0.717, 1.165) is 17.7 Å². The van der Waals surface area contributed by atoms with Gasteiger partial charge in [0.15, 0.2) is 11.5 Å². The Morgan fingerprint density at radius 3 is 2.50 bits per heavy atom. The van der Waals surface area contributed by atoms with Gasteiger partial charge in [0.1, 0.15) is 0 Å². The number of benzene rings is 2. The molecule has 2 aromatic carbocycles. The topological polar surface area (TPSA) is 56.8 Å². The van der Waals surface area contributed by atoms with Gasteiger partial charge in [0.05, 0.1) is 25.9 Å². The highest BCUT2D eigenvalue weighted by Crippen LogP contribution is 2.35. The second-order valence-corrected chi connectivity index (χ2v) is 6.03. The van der Waals surface area contributed by atoms with Crippen LogP contribution in [0.3, 0.4) is 0 Å². The molecule has 0 aromatic heterocycles. The minimum absolute atomic E-state index is 0.325. The minimum Gasteiger partial charge on any atom is -0.493 e. The molecule has 0 amide bonds. The lowest BCUT2D eigenvalue weighted by atomic mass is 10.1. The molecule has 0 aliphatic rings.